The zero-order valence-electron chi connectivity index (χ0n) is 15.2. The first-order chi connectivity index (χ1) is 12.1. The topological polar surface area (TPSA) is 68.4 Å². The molecule has 0 saturated carbocycles. The molecule has 0 spiro atoms. The Bertz CT molecular complexity index is 791. The lowest BCUT2D eigenvalue weighted by Crippen LogP contribution is -2.44. The zero-order valence-corrected chi connectivity index (χ0v) is 15.2. The van der Waals surface area contributed by atoms with Crippen molar-refractivity contribution >= 4 is 22.4 Å². The number of likely N-dealkylation sites (N-methyl/N-ethyl adjacent to an activating group) is 1. The number of carbonyl (C=O) groups is 1. The summed E-state index contributed by atoms with van der Waals surface area (Å²) in [5.74, 6) is -1.16. The molecule has 2 aromatic rings. The monoisotopic (exact) mass is 341 g/mol. The third kappa shape index (κ3) is 3.34. The second kappa shape index (κ2) is 7.42. The van der Waals surface area contributed by atoms with Gasteiger partial charge in [0.2, 0.25) is 0 Å². The Balaban J connectivity index is 0.000000324. The maximum atomic E-state index is 11.3. The van der Waals surface area contributed by atoms with Gasteiger partial charge < -0.3 is 15.4 Å². The predicted molar refractivity (Wildman–Crippen MR) is 102 cm³/mol. The smallest absolute Gasteiger partial charge is 0.311 e. The molecule has 2 atom stereocenters. The lowest BCUT2D eigenvalue weighted by Gasteiger charge is -2.38. The molecule has 2 heterocycles. The van der Waals surface area contributed by atoms with Gasteiger partial charge in [-0.2, -0.15) is 0 Å². The molecule has 134 valence electrons. The van der Waals surface area contributed by atoms with Crippen LogP contribution in [0.25, 0.3) is 16.5 Å². The number of aliphatic carboxylic acids is 1. The van der Waals surface area contributed by atoms with E-state index >= 15 is 0 Å². The average molecular weight is 341 g/mol. The van der Waals surface area contributed by atoms with E-state index in [-0.39, 0.29) is 0 Å². The molecule has 2 aliphatic rings. The highest BCUT2D eigenvalue weighted by Crippen LogP contribution is 2.40. The minimum Gasteiger partial charge on any atom is -0.481 e. The van der Waals surface area contributed by atoms with E-state index in [0.29, 0.717) is 12.6 Å². The summed E-state index contributed by atoms with van der Waals surface area (Å²) in [6.07, 6.45) is 4.99. The Morgan fingerprint density at radius 3 is 2.76 bits per heavy atom. The normalized spacial score (nSPS) is 22.0. The molecule has 4 rings (SSSR count). The quantitative estimate of drug-likeness (QED) is 0.803. The van der Waals surface area contributed by atoms with E-state index in [9.17, 15) is 9.90 Å². The van der Waals surface area contributed by atoms with E-state index in [1.807, 2.05) is 19.2 Å². The van der Waals surface area contributed by atoms with Gasteiger partial charge in [-0.3, -0.25) is 9.69 Å². The van der Waals surface area contributed by atoms with Gasteiger partial charge in [-0.1, -0.05) is 32.1 Å². The van der Waals surface area contributed by atoms with Gasteiger partial charge in [0.05, 0.1) is 5.92 Å². The SMILES string of the molecule is CCNCC.CN1C[C@@H](C(=O)O)C=C2c3cccc4[nH]cc(c34)C[C@H]21. The van der Waals surface area contributed by atoms with Crippen molar-refractivity contribution in [3.05, 3.63) is 41.6 Å². The van der Waals surface area contributed by atoms with Crippen molar-refractivity contribution in [1.82, 2.24) is 15.2 Å². The lowest BCUT2D eigenvalue weighted by atomic mass is 9.80. The maximum absolute atomic E-state index is 11.3. The first-order valence-electron chi connectivity index (χ1n) is 9.01. The first kappa shape index (κ1) is 17.7. The summed E-state index contributed by atoms with van der Waals surface area (Å²) in [7, 11) is 2.02. The van der Waals surface area contributed by atoms with Crippen LogP contribution < -0.4 is 5.32 Å². The number of H-pyrrole nitrogens is 1. The second-order valence-electron chi connectivity index (χ2n) is 6.73. The van der Waals surface area contributed by atoms with Crippen LogP contribution in [0.15, 0.2) is 30.5 Å². The summed E-state index contributed by atoms with van der Waals surface area (Å²) in [6.45, 7) is 6.97. The highest BCUT2D eigenvalue weighted by atomic mass is 16.4. The fraction of sp³-hybridized carbons (Fsp3) is 0.450. The Labute approximate surface area is 148 Å². The van der Waals surface area contributed by atoms with Crippen LogP contribution in [-0.4, -0.2) is 53.7 Å². The number of carboxylic acids is 1. The number of rotatable bonds is 3. The first-order valence-corrected chi connectivity index (χ1v) is 9.01. The Morgan fingerprint density at radius 2 is 2.12 bits per heavy atom. The summed E-state index contributed by atoms with van der Waals surface area (Å²) in [4.78, 5) is 16.8. The third-order valence-electron chi connectivity index (χ3n) is 5.09. The number of carboxylic acid groups (broad SMARTS) is 1. The molecule has 1 aromatic heterocycles. The number of nitrogens with zero attached hydrogens (tertiary/aromatic N) is 1. The number of aromatic nitrogens is 1. The standard InChI is InChI=1S/C16H16N2O2.C4H11N/c1-18-8-10(16(19)20)5-12-11-3-2-4-13-15(11)9(7-17-13)6-14(12)18;1-3-5-4-2/h2-5,7,10,14,17H,6,8H2,1H3,(H,19,20);5H,3-4H2,1-2H3/t10-,14+;/m0./s1. The molecular weight excluding hydrogens is 314 g/mol. The van der Waals surface area contributed by atoms with Gasteiger partial charge in [0.15, 0.2) is 0 Å². The molecule has 0 amide bonds. The van der Waals surface area contributed by atoms with E-state index < -0.39 is 11.9 Å². The van der Waals surface area contributed by atoms with Crippen molar-refractivity contribution in [3.63, 3.8) is 0 Å². The van der Waals surface area contributed by atoms with Crippen LogP contribution in [0.5, 0.6) is 0 Å². The summed E-state index contributed by atoms with van der Waals surface area (Å²) in [5.41, 5.74) is 4.83. The molecule has 0 radical (unpaired) electrons. The van der Waals surface area contributed by atoms with Gasteiger partial charge in [-0.25, -0.2) is 0 Å². The van der Waals surface area contributed by atoms with Gasteiger partial charge in [0.1, 0.15) is 0 Å². The average Bonchev–Trinajstić information content (AvgIpc) is 3.01. The number of aromatic amines is 1. The van der Waals surface area contributed by atoms with E-state index in [1.54, 1.807) is 0 Å². The fourth-order valence-electron chi connectivity index (χ4n) is 3.86. The van der Waals surface area contributed by atoms with Crippen molar-refractivity contribution in [2.45, 2.75) is 26.3 Å². The molecule has 0 saturated heterocycles. The van der Waals surface area contributed by atoms with E-state index in [2.05, 4.69) is 47.4 Å². The number of hydrogen-bond acceptors (Lipinski definition) is 3. The lowest BCUT2D eigenvalue weighted by molar-refractivity contribution is -0.140. The molecule has 3 N–H and O–H groups in total. The van der Waals surface area contributed by atoms with Gasteiger partial charge in [-0.05, 0) is 49.3 Å². The third-order valence-corrected chi connectivity index (χ3v) is 5.09. The molecule has 25 heavy (non-hydrogen) atoms. The number of fused-ring (bicyclic) bond motifs is 2. The van der Waals surface area contributed by atoms with Gasteiger partial charge in [0, 0.05) is 29.7 Å². The highest BCUT2D eigenvalue weighted by molar-refractivity contribution is 5.99. The van der Waals surface area contributed by atoms with Crippen LogP contribution >= 0.6 is 0 Å². The van der Waals surface area contributed by atoms with Crippen LogP contribution in [0, 0.1) is 5.92 Å². The van der Waals surface area contributed by atoms with Crippen LogP contribution in [0.3, 0.4) is 0 Å². The summed E-state index contributed by atoms with van der Waals surface area (Å²) in [6, 6.07) is 6.51. The van der Waals surface area contributed by atoms with Crippen molar-refractivity contribution < 1.29 is 9.90 Å². The van der Waals surface area contributed by atoms with Crippen molar-refractivity contribution in [2.24, 2.45) is 5.92 Å². The Morgan fingerprint density at radius 1 is 1.36 bits per heavy atom. The molecule has 1 aliphatic heterocycles. The van der Waals surface area contributed by atoms with Gasteiger partial charge in [-0.15, -0.1) is 0 Å². The van der Waals surface area contributed by atoms with Crippen LogP contribution in [0.2, 0.25) is 0 Å². The van der Waals surface area contributed by atoms with Crippen LogP contribution in [-0.2, 0) is 11.2 Å². The molecule has 1 aromatic carbocycles. The highest BCUT2D eigenvalue weighted by Gasteiger charge is 2.35. The molecule has 5 nitrogen and oxygen atoms in total. The second-order valence-corrected chi connectivity index (χ2v) is 6.73. The molecule has 0 fully saturated rings. The molecule has 0 unspecified atom stereocenters. The molecule has 0 bridgehead atoms. The Kier molecular flexibility index (Phi) is 5.25. The maximum Gasteiger partial charge on any atom is 0.311 e. The fourth-order valence-corrected chi connectivity index (χ4v) is 3.86. The minimum atomic E-state index is -0.741. The van der Waals surface area contributed by atoms with Crippen molar-refractivity contribution in [3.8, 4) is 0 Å². The molecule has 5 heteroatoms. The van der Waals surface area contributed by atoms with Crippen LogP contribution in [0.4, 0.5) is 0 Å². The summed E-state index contributed by atoms with van der Waals surface area (Å²) < 4.78 is 0. The van der Waals surface area contributed by atoms with E-state index in [0.717, 1.165) is 25.0 Å². The largest absolute Gasteiger partial charge is 0.481 e. The van der Waals surface area contributed by atoms with E-state index in [4.69, 9.17) is 0 Å². The molecule has 1 aliphatic carbocycles. The van der Waals surface area contributed by atoms with Crippen molar-refractivity contribution in [2.75, 3.05) is 26.7 Å². The number of nitrogens with one attached hydrogen (secondary N) is 2. The van der Waals surface area contributed by atoms with Crippen molar-refractivity contribution in [1.29, 1.82) is 0 Å². The predicted octanol–water partition coefficient (Wildman–Crippen LogP) is 2.74. The minimum absolute atomic E-state index is 0.291. The molecular formula is C20H27N3O2. The summed E-state index contributed by atoms with van der Waals surface area (Å²) in [5, 5.41) is 13.7. The van der Waals surface area contributed by atoms with Crippen LogP contribution in [0.1, 0.15) is 25.0 Å². The van der Waals surface area contributed by atoms with E-state index in [1.165, 1.54) is 22.1 Å². The number of hydrogen-bond donors (Lipinski definition) is 3. The zero-order chi connectivity index (χ0) is 18.0. The van der Waals surface area contributed by atoms with Gasteiger partial charge >= 0.3 is 5.97 Å². The van der Waals surface area contributed by atoms with Gasteiger partial charge in [0.25, 0.3) is 0 Å². The summed E-state index contributed by atoms with van der Waals surface area (Å²) >= 11 is 0. The number of benzene rings is 1. The Hall–Kier alpha value is -2.11.